The van der Waals surface area contributed by atoms with Crippen molar-refractivity contribution >= 4 is 52.4 Å². The molecule has 10 heteroatoms. The third-order valence-electron chi connectivity index (χ3n) is 6.64. The van der Waals surface area contributed by atoms with Gasteiger partial charge in [-0.05, 0) is 92.5 Å². The highest BCUT2D eigenvalue weighted by Crippen LogP contribution is 2.65. The molecule has 1 aliphatic heterocycles. The first kappa shape index (κ1) is 22.9. The van der Waals surface area contributed by atoms with Gasteiger partial charge in [-0.1, -0.05) is 5.57 Å². The Kier molecular flexibility index (Phi) is 5.08. The van der Waals surface area contributed by atoms with Crippen LogP contribution in [0, 0.1) is 9.62 Å². The Morgan fingerprint density at radius 1 is 1.26 bits per heavy atom. The van der Waals surface area contributed by atoms with Crippen LogP contribution < -0.4 is 9.64 Å². The maximum absolute atomic E-state index is 13.4. The van der Waals surface area contributed by atoms with E-state index in [-0.39, 0.29) is 5.92 Å². The van der Waals surface area contributed by atoms with Crippen molar-refractivity contribution in [2.75, 3.05) is 12.0 Å². The molecule has 1 spiro atoms. The number of benzene rings is 1. The number of hydrogen-bond acceptors (Lipinski definition) is 6. The van der Waals surface area contributed by atoms with Crippen LogP contribution in [0.15, 0.2) is 23.8 Å². The van der Waals surface area contributed by atoms with Crippen molar-refractivity contribution in [1.82, 2.24) is 9.78 Å². The van der Waals surface area contributed by atoms with Gasteiger partial charge in [0.2, 0.25) is 5.91 Å². The highest BCUT2D eigenvalue weighted by Gasteiger charge is 2.69. The number of anilines is 1. The number of methoxy groups -OCH3 is 1. The van der Waals surface area contributed by atoms with Crippen LogP contribution in [0.2, 0.25) is 0 Å². The Morgan fingerprint density at radius 3 is 2.65 bits per heavy atom. The van der Waals surface area contributed by atoms with E-state index in [1.165, 1.54) is 11.8 Å². The van der Waals surface area contributed by atoms with Crippen LogP contribution in [0.1, 0.15) is 50.4 Å². The zero-order chi connectivity index (χ0) is 24.6. The Balaban J connectivity index is 1.55. The lowest BCUT2D eigenvalue weighted by atomic mass is 9.87. The van der Waals surface area contributed by atoms with Crippen molar-refractivity contribution in [3.05, 3.63) is 44.3 Å². The standard InChI is InChI=1S/C24H24IN3O6/c1-23(2,3)34-22(32)28-18-9-12(5-7-14(18)19(25)26-28)16-11-24(16)15-10-13(33-4)6-8-17(15)27(20(24)29)21(30)31/h6,8-10,16H,5,7,11H2,1-4H3,(H,30,31)/t16-,24-/m0/s1. The molecule has 1 aromatic carbocycles. The van der Waals surface area contributed by atoms with E-state index in [4.69, 9.17) is 9.47 Å². The normalized spacial score (nSPS) is 22.9. The summed E-state index contributed by atoms with van der Waals surface area (Å²) in [7, 11) is 1.54. The molecule has 2 atom stereocenters. The van der Waals surface area contributed by atoms with Crippen LogP contribution in [-0.4, -0.2) is 45.7 Å². The van der Waals surface area contributed by atoms with E-state index >= 15 is 0 Å². The summed E-state index contributed by atoms with van der Waals surface area (Å²) >= 11 is 2.12. The molecular formula is C24H24IN3O6. The predicted molar refractivity (Wildman–Crippen MR) is 131 cm³/mol. The molecule has 2 aliphatic carbocycles. The number of carbonyl (C=O) groups excluding carboxylic acids is 2. The average Bonchev–Trinajstić information content (AvgIpc) is 3.36. The van der Waals surface area contributed by atoms with E-state index in [1.807, 2.05) is 6.08 Å². The molecule has 1 saturated carbocycles. The summed E-state index contributed by atoms with van der Waals surface area (Å²) in [5, 5.41) is 14.1. The Labute approximate surface area is 209 Å². The second kappa shape index (κ2) is 7.56. The number of nitrogens with zero attached hydrogens (tertiary/aromatic N) is 3. The van der Waals surface area contributed by atoms with Gasteiger partial charge in [-0.15, -0.1) is 0 Å². The SMILES string of the molecule is COc1ccc2c(c1)[C@]1(C[C@H]1C1=Cc3c(c(I)nn3C(=O)OC(C)(C)C)CC1)C(=O)N2C(=O)O. The first-order valence-corrected chi connectivity index (χ1v) is 12.0. The number of carboxylic acid groups (broad SMARTS) is 1. The fourth-order valence-electron chi connectivity index (χ4n) is 5.10. The molecule has 0 saturated heterocycles. The largest absolute Gasteiger partial charge is 0.497 e. The minimum absolute atomic E-state index is 0.164. The first-order valence-electron chi connectivity index (χ1n) is 10.9. The number of carbonyl (C=O) groups is 3. The molecule has 34 heavy (non-hydrogen) atoms. The smallest absolute Gasteiger partial charge is 0.435 e. The molecule has 1 aromatic heterocycles. The lowest BCUT2D eigenvalue weighted by Gasteiger charge is -2.21. The van der Waals surface area contributed by atoms with E-state index in [2.05, 4.69) is 27.7 Å². The highest BCUT2D eigenvalue weighted by atomic mass is 127. The Bertz CT molecular complexity index is 1290. The van der Waals surface area contributed by atoms with Crippen LogP contribution in [0.25, 0.3) is 6.08 Å². The molecule has 0 radical (unpaired) electrons. The van der Waals surface area contributed by atoms with Gasteiger partial charge >= 0.3 is 12.2 Å². The summed E-state index contributed by atoms with van der Waals surface area (Å²) in [4.78, 5) is 39.0. The maximum atomic E-state index is 13.4. The summed E-state index contributed by atoms with van der Waals surface area (Å²) in [6.45, 7) is 5.39. The summed E-state index contributed by atoms with van der Waals surface area (Å²) in [5.74, 6) is -0.0283. The third-order valence-corrected chi connectivity index (χ3v) is 7.50. The first-order chi connectivity index (χ1) is 16.0. The number of ether oxygens (including phenoxy) is 2. The summed E-state index contributed by atoms with van der Waals surface area (Å²) in [6.07, 6.45) is 1.96. The van der Waals surface area contributed by atoms with Crippen molar-refractivity contribution in [3.63, 3.8) is 0 Å². The summed E-state index contributed by atoms with van der Waals surface area (Å²) in [5.41, 5.74) is 2.09. The van der Waals surface area contributed by atoms with Gasteiger partial charge in [0.1, 0.15) is 15.1 Å². The topological polar surface area (TPSA) is 111 Å². The quantitative estimate of drug-likeness (QED) is 0.520. The van der Waals surface area contributed by atoms with Gasteiger partial charge in [0, 0.05) is 11.5 Å². The molecule has 2 aromatic rings. The molecule has 178 valence electrons. The molecular weight excluding hydrogens is 553 g/mol. The minimum Gasteiger partial charge on any atom is -0.497 e. The molecule has 3 aliphatic rings. The number of halogens is 1. The molecule has 1 fully saturated rings. The number of fused-ring (bicyclic) bond motifs is 3. The number of hydrogen-bond donors (Lipinski definition) is 1. The molecule has 0 unspecified atom stereocenters. The second-order valence-electron chi connectivity index (χ2n) is 9.80. The van der Waals surface area contributed by atoms with Crippen LogP contribution in [0.4, 0.5) is 15.3 Å². The van der Waals surface area contributed by atoms with E-state index in [9.17, 15) is 19.5 Å². The monoisotopic (exact) mass is 577 g/mol. The predicted octanol–water partition coefficient (Wildman–Crippen LogP) is 4.59. The van der Waals surface area contributed by atoms with E-state index < -0.39 is 29.1 Å². The number of aromatic nitrogens is 2. The fraction of sp³-hybridized carbons (Fsp3) is 0.417. The third kappa shape index (κ3) is 3.33. The highest BCUT2D eigenvalue weighted by molar-refractivity contribution is 14.1. The van der Waals surface area contributed by atoms with Crippen molar-refractivity contribution in [1.29, 1.82) is 0 Å². The zero-order valence-electron chi connectivity index (χ0n) is 19.2. The second-order valence-corrected chi connectivity index (χ2v) is 10.8. The van der Waals surface area contributed by atoms with Crippen molar-refractivity contribution in [2.45, 2.75) is 51.0 Å². The maximum Gasteiger partial charge on any atom is 0.435 e. The number of rotatable bonds is 2. The fourth-order valence-corrected chi connectivity index (χ4v) is 5.87. The summed E-state index contributed by atoms with van der Waals surface area (Å²) in [6, 6.07) is 5.04. The van der Waals surface area contributed by atoms with Crippen molar-refractivity contribution in [3.8, 4) is 5.75 Å². The minimum atomic E-state index is -1.29. The lowest BCUT2D eigenvalue weighted by Crippen LogP contribution is -2.37. The van der Waals surface area contributed by atoms with Gasteiger partial charge in [-0.3, -0.25) is 4.79 Å². The lowest BCUT2D eigenvalue weighted by molar-refractivity contribution is -0.120. The van der Waals surface area contributed by atoms with E-state index in [0.29, 0.717) is 42.0 Å². The van der Waals surface area contributed by atoms with Crippen LogP contribution >= 0.6 is 22.6 Å². The Morgan fingerprint density at radius 2 is 2.00 bits per heavy atom. The molecule has 2 heterocycles. The van der Waals surface area contributed by atoms with Gasteiger partial charge in [0.25, 0.3) is 0 Å². The van der Waals surface area contributed by atoms with Gasteiger partial charge in [0.05, 0.1) is 23.9 Å². The van der Waals surface area contributed by atoms with Gasteiger partial charge in [0.15, 0.2) is 0 Å². The number of allylic oxidation sites excluding steroid dienone is 1. The average molecular weight is 577 g/mol. The molecule has 5 rings (SSSR count). The van der Waals surface area contributed by atoms with Crippen LogP contribution in [0.5, 0.6) is 5.75 Å². The van der Waals surface area contributed by atoms with Crippen LogP contribution in [-0.2, 0) is 21.4 Å². The Hall–Kier alpha value is -2.89. The molecule has 0 bridgehead atoms. The molecule has 2 amide bonds. The molecule has 9 nitrogen and oxygen atoms in total. The number of imide groups is 1. The van der Waals surface area contributed by atoms with Crippen molar-refractivity contribution in [2.24, 2.45) is 5.92 Å². The van der Waals surface area contributed by atoms with Gasteiger partial charge in [-0.2, -0.15) is 9.78 Å². The van der Waals surface area contributed by atoms with Gasteiger partial charge in [-0.25, -0.2) is 14.5 Å². The van der Waals surface area contributed by atoms with Gasteiger partial charge < -0.3 is 14.6 Å². The van der Waals surface area contributed by atoms with E-state index in [0.717, 1.165) is 19.7 Å². The number of amides is 2. The zero-order valence-corrected chi connectivity index (χ0v) is 21.4. The van der Waals surface area contributed by atoms with Crippen molar-refractivity contribution < 1.29 is 29.0 Å². The van der Waals surface area contributed by atoms with Crippen LogP contribution in [0.3, 0.4) is 0 Å². The molecule has 1 N–H and O–H groups in total. The summed E-state index contributed by atoms with van der Waals surface area (Å²) < 4.78 is 12.9. The van der Waals surface area contributed by atoms with E-state index in [1.54, 1.807) is 39.0 Å².